The Morgan fingerprint density at radius 3 is 2.55 bits per heavy atom. The molecule has 1 saturated carbocycles. The standard InChI is InChI=1S/C26H32N4O2S/c1-4-29(2)25(31)23-16-15-21(32-23)18-33-26-27-22(19-11-7-5-8-12-19)17-24(28-26)30(3)20-13-9-6-10-14-20/h5,7-8,11-12,15-17,20H,4,6,9-10,13-14,18H2,1-3H3. The van der Waals surface area contributed by atoms with Gasteiger partial charge in [0.2, 0.25) is 0 Å². The minimum absolute atomic E-state index is 0.104. The lowest BCUT2D eigenvalue weighted by Gasteiger charge is -2.32. The minimum Gasteiger partial charge on any atom is -0.455 e. The van der Waals surface area contributed by atoms with Crippen LogP contribution in [0.15, 0.2) is 58.1 Å². The van der Waals surface area contributed by atoms with E-state index in [2.05, 4.69) is 30.1 Å². The highest BCUT2D eigenvalue weighted by Gasteiger charge is 2.21. The summed E-state index contributed by atoms with van der Waals surface area (Å²) in [5.74, 6) is 2.52. The number of carbonyl (C=O) groups is 1. The van der Waals surface area contributed by atoms with Crippen LogP contribution in [0.25, 0.3) is 11.3 Å². The highest BCUT2D eigenvalue weighted by atomic mass is 32.2. The van der Waals surface area contributed by atoms with Gasteiger partial charge in [0.1, 0.15) is 11.6 Å². The number of furan rings is 1. The fourth-order valence-corrected chi connectivity index (χ4v) is 4.86. The van der Waals surface area contributed by atoms with E-state index in [1.54, 1.807) is 18.0 Å². The van der Waals surface area contributed by atoms with Crippen LogP contribution in [0.2, 0.25) is 0 Å². The highest BCUT2D eigenvalue weighted by Crippen LogP contribution is 2.30. The number of hydrogen-bond acceptors (Lipinski definition) is 6. The molecule has 4 rings (SSSR count). The summed E-state index contributed by atoms with van der Waals surface area (Å²) in [6, 6.07) is 16.5. The first-order valence-electron chi connectivity index (χ1n) is 11.7. The molecule has 0 bridgehead atoms. The molecule has 0 N–H and O–H groups in total. The summed E-state index contributed by atoms with van der Waals surface area (Å²) in [6.45, 7) is 2.58. The number of amides is 1. The second-order valence-corrected chi connectivity index (χ2v) is 9.48. The number of hydrogen-bond donors (Lipinski definition) is 0. The van der Waals surface area contributed by atoms with Gasteiger partial charge in [0.25, 0.3) is 5.91 Å². The molecule has 0 spiro atoms. The zero-order valence-corrected chi connectivity index (χ0v) is 20.5. The van der Waals surface area contributed by atoms with Crippen molar-refractivity contribution in [2.24, 2.45) is 0 Å². The smallest absolute Gasteiger partial charge is 0.289 e. The van der Waals surface area contributed by atoms with Gasteiger partial charge in [-0.15, -0.1) is 0 Å². The van der Waals surface area contributed by atoms with E-state index in [9.17, 15) is 4.79 Å². The second-order valence-electron chi connectivity index (χ2n) is 8.54. The van der Waals surface area contributed by atoms with Gasteiger partial charge in [-0.1, -0.05) is 61.4 Å². The first-order chi connectivity index (χ1) is 16.0. The molecule has 6 nitrogen and oxygen atoms in total. The van der Waals surface area contributed by atoms with E-state index in [4.69, 9.17) is 14.4 Å². The highest BCUT2D eigenvalue weighted by molar-refractivity contribution is 7.98. The first kappa shape index (κ1) is 23.4. The Bertz CT molecular complexity index is 1060. The third kappa shape index (κ3) is 5.77. The quantitative estimate of drug-likeness (QED) is 0.306. The number of aromatic nitrogens is 2. The zero-order chi connectivity index (χ0) is 23.2. The number of rotatable bonds is 8. The monoisotopic (exact) mass is 464 g/mol. The molecule has 1 aliphatic rings. The van der Waals surface area contributed by atoms with E-state index in [1.165, 1.54) is 43.9 Å². The molecule has 1 aliphatic carbocycles. The second kappa shape index (κ2) is 10.9. The Hall–Kier alpha value is -2.80. The molecule has 0 radical (unpaired) electrons. The Morgan fingerprint density at radius 2 is 1.82 bits per heavy atom. The average Bonchev–Trinajstić information content (AvgIpc) is 3.36. The maximum absolute atomic E-state index is 12.3. The van der Waals surface area contributed by atoms with Crippen LogP contribution in [0, 0.1) is 0 Å². The molecule has 33 heavy (non-hydrogen) atoms. The van der Waals surface area contributed by atoms with Crippen molar-refractivity contribution < 1.29 is 9.21 Å². The fraction of sp³-hybridized carbons (Fsp3) is 0.423. The Labute approximate surface area is 200 Å². The van der Waals surface area contributed by atoms with Gasteiger partial charge in [-0.05, 0) is 31.9 Å². The topological polar surface area (TPSA) is 62.5 Å². The maximum Gasteiger partial charge on any atom is 0.289 e. The summed E-state index contributed by atoms with van der Waals surface area (Å²) < 4.78 is 5.80. The Kier molecular flexibility index (Phi) is 7.70. The predicted molar refractivity (Wildman–Crippen MR) is 134 cm³/mol. The summed E-state index contributed by atoms with van der Waals surface area (Å²) in [4.78, 5) is 26.0. The van der Waals surface area contributed by atoms with Crippen LogP contribution in [0.3, 0.4) is 0 Å². The molecule has 0 unspecified atom stereocenters. The van der Waals surface area contributed by atoms with Crippen LogP contribution in [0.4, 0.5) is 5.82 Å². The van der Waals surface area contributed by atoms with Gasteiger partial charge in [-0.2, -0.15) is 0 Å². The van der Waals surface area contributed by atoms with Gasteiger partial charge < -0.3 is 14.2 Å². The summed E-state index contributed by atoms with van der Waals surface area (Å²) in [5, 5.41) is 0.712. The molecule has 174 valence electrons. The summed E-state index contributed by atoms with van der Waals surface area (Å²) >= 11 is 1.53. The number of thioether (sulfide) groups is 1. The molecular weight excluding hydrogens is 432 g/mol. The molecular formula is C26H32N4O2S. The van der Waals surface area contributed by atoms with Crippen molar-refractivity contribution in [3.05, 3.63) is 60.1 Å². The van der Waals surface area contributed by atoms with Crippen LogP contribution >= 0.6 is 11.8 Å². The van der Waals surface area contributed by atoms with E-state index in [0.29, 0.717) is 29.3 Å². The molecule has 1 amide bonds. The zero-order valence-electron chi connectivity index (χ0n) is 19.7. The van der Waals surface area contributed by atoms with E-state index < -0.39 is 0 Å². The van der Waals surface area contributed by atoms with Crippen LogP contribution in [0.5, 0.6) is 0 Å². The number of nitrogens with zero attached hydrogens (tertiary/aromatic N) is 4. The molecule has 0 atom stereocenters. The van der Waals surface area contributed by atoms with Crippen LogP contribution in [0.1, 0.15) is 55.3 Å². The molecule has 3 aromatic rings. The number of benzene rings is 1. The minimum atomic E-state index is -0.104. The normalized spacial score (nSPS) is 14.3. The molecule has 1 aromatic carbocycles. The number of anilines is 1. The van der Waals surface area contributed by atoms with Gasteiger partial charge >= 0.3 is 0 Å². The lowest BCUT2D eigenvalue weighted by molar-refractivity contribution is 0.0769. The number of carbonyl (C=O) groups excluding carboxylic acids is 1. The van der Waals surface area contributed by atoms with Crippen molar-refractivity contribution in [1.29, 1.82) is 0 Å². The Morgan fingerprint density at radius 1 is 1.06 bits per heavy atom. The van der Waals surface area contributed by atoms with E-state index in [-0.39, 0.29) is 5.91 Å². The summed E-state index contributed by atoms with van der Waals surface area (Å²) in [6.07, 6.45) is 6.30. The van der Waals surface area contributed by atoms with Crippen LogP contribution in [-0.4, -0.2) is 47.5 Å². The van der Waals surface area contributed by atoms with E-state index >= 15 is 0 Å². The predicted octanol–water partition coefficient (Wildman–Crippen LogP) is 5.89. The summed E-state index contributed by atoms with van der Waals surface area (Å²) in [5.41, 5.74) is 2.00. The van der Waals surface area contributed by atoms with Crippen molar-refractivity contribution in [1.82, 2.24) is 14.9 Å². The van der Waals surface area contributed by atoms with Crippen molar-refractivity contribution in [3.8, 4) is 11.3 Å². The molecule has 1 fully saturated rings. The van der Waals surface area contributed by atoms with Gasteiger partial charge in [0.05, 0.1) is 11.4 Å². The maximum atomic E-state index is 12.3. The van der Waals surface area contributed by atoms with Gasteiger partial charge in [0, 0.05) is 38.3 Å². The summed E-state index contributed by atoms with van der Waals surface area (Å²) in [7, 11) is 3.92. The van der Waals surface area contributed by atoms with Crippen molar-refractivity contribution in [2.75, 3.05) is 25.5 Å². The SMILES string of the molecule is CCN(C)C(=O)c1ccc(CSc2nc(-c3ccccc3)cc(N(C)C3CCCCC3)n2)o1. The van der Waals surface area contributed by atoms with E-state index in [0.717, 1.165) is 22.8 Å². The van der Waals surface area contributed by atoms with E-state index in [1.807, 2.05) is 31.2 Å². The third-order valence-corrected chi connectivity index (χ3v) is 7.15. The van der Waals surface area contributed by atoms with Gasteiger partial charge in [0.15, 0.2) is 10.9 Å². The molecule has 2 aromatic heterocycles. The first-order valence-corrected chi connectivity index (χ1v) is 12.7. The third-order valence-electron chi connectivity index (χ3n) is 6.28. The van der Waals surface area contributed by atoms with Crippen molar-refractivity contribution >= 4 is 23.5 Å². The lowest BCUT2D eigenvalue weighted by Crippen LogP contribution is -2.34. The van der Waals surface area contributed by atoms with Crippen LogP contribution < -0.4 is 4.90 Å². The largest absolute Gasteiger partial charge is 0.455 e. The van der Waals surface area contributed by atoms with Gasteiger partial charge in [-0.25, -0.2) is 9.97 Å². The lowest BCUT2D eigenvalue weighted by atomic mass is 9.94. The van der Waals surface area contributed by atoms with Crippen LogP contribution in [-0.2, 0) is 5.75 Å². The van der Waals surface area contributed by atoms with Crippen molar-refractivity contribution in [3.63, 3.8) is 0 Å². The van der Waals surface area contributed by atoms with Crippen molar-refractivity contribution in [2.45, 2.75) is 56.0 Å². The molecule has 2 heterocycles. The fourth-order valence-electron chi connectivity index (χ4n) is 4.11. The molecule has 0 saturated heterocycles. The van der Waals surface area contributed by atoms with Gasteiger partial charge in [-0.3, -0.25) is 4.79 Å². The Balaban J connectivity index is 1.55. The molecule has 7 heteroatoms. The molecule has 0 aliphatic heterocycles. The average molecular weight is 465 g/mol.